The zero-order valence-electron chi connectivity index (χ0n) is 13.3. The van der Waals surface area contributed by atoms with Crippen molar-refractivity contribution in [2.75, 3.05) is 13.1 Å². The van der Waals surface area contributed by atoms with Crippen LogP contribution in [0.3, 0.4) is 0 Å². The highest BCUT2D eigenvalue weighted by Crippen LogP contribution is 2.21. The van der Waals surface area contributed by atoms with E-state index in [0.29, 0.717) is 6.04 Å². The predicted octanol–water partition coefficient (Wildman–Crippen LogP) is 2.22. The van der Waals surface area contributed by atoms with Gasteiger partial charge in [-0.25, -0.2) is 4.68 Å². The van der Waals surface area contributed by atoms with Gasteiger partial charge in [-0.05, 0) is 26.7 Å². The SMILES string of the molecule is CC(C)n1nnc2c1CCN(C(=O)C(C)(C)C)CCC2. The fourth-order valence-corrected chi connectivity index (χ4v) is 2.68. The lowest BCUT2D eigenvalue weighted by molar-refractivity contribution is -0.139. The first-order valence-electron chi connectivity index (χ1n) is 7.53. The standard InChI is InChI=1S/C15H26N4O/c1-11(2)19-13-8-10-18(14(20)15(3,4)5)9-6-7-12(13)16-17-19/h11H,6-10H2,1-5H3. The van der Waals surface area contributed by atoms with Crippen LogP contribution in [0.25, 0.3) is 0 Å². The molecule has 0 saturated heterocycles. The highest BCUT2D eigenvalue weighted by molar-refractivity contribution is 5.81. The minimum absolute atomic E-state index is 0.240. The van der Waals surface area contributed by atoms with Crippen LogP contribution >= 0.6 is 0 Å². The molecule has 2 heterocycles. The second kappa shape index (κ2) is 5.54. The van der Waals surface area contributed by atoms with Gasteiger partial charge in [0.1, 0.15) is 0 Å². The molecule has 0 bridgehead atoms. The van der Waals surface area contributed by atoms with E-state index in [1.54, 1.807) is 0 Å². The van der Waals surface area contributed by atoms with Gasteiger partial charge in [0, 0.05) is 31.0 Å². The minimum Gasteiger partial charge on any atom is -0.342 e. The van der Waals surface area contributed by atoms with Crippen molar-refractivity contribution in [2.45, 2.75) is 59.9 Å². The van der Waals surface area contributed by atoms with Gasteiger partial charge in [0.2, 0.25) is 5.91 Å². The van der Waals surface area contributed by atoms with Gasteiger partial charge in [0.25, 0.3) is 0 Å². The summed E-state index contributed by atoms with van der Waals surface area (Å²) in [6.07, 6.45) is 2.73. The van der Waals surface area contributed by atoms with Crippen molar-refractivity contribution in [1.29, 1.82) is 0 Å². The quantitative estimate of drug-likeness (QED) is 0.791. The van der Waals surface area contributed by atoms with E-state index in [-0.39, 0.29) is 11.3 Å². The molecule has 1 aromatic rings. The summed E-state index contributed by atoms with van der Waals surface area (Å²) >= 11 is 0. The summed E-state index contributed by atoms with van der Waals surface area (Å²) in [4.78, 5) is 14.4. The maximum atomic E-state index is 12.4. The van der Waals surface area contributed by atoms with Gasteiger partial charge >= 0.3 is 0 Å². The van der Waals surface area contributed by atoms with Crippen molar-refractivity contribution in [1.82, 2.24) is 19.9 Å². The zero-order valence-corrected chi connectivity index (χ0v) is 13.3. The largest absolute Gasteiger partial charge is 0.342 e. The molecule has 0 saturated carbocycles. The molecule has 0 fully saturated rings. The highest BCUT2D eigenvalue weighted by atomic mass is 16.2. The molecule has 0 aliphatic carbocycles. The topological polar surface area (TPSA) is 51.0 Å². The Bertz CT molecular complexity index is 485. The molecule has 1 aromatic heterocycles. The van der Waals surface area contributed by atoms with Gasteiger partial charge < -0.3 is 4.90 Å². The van der Waals surface area contributed by atoms with Crippen molar-refractivity contribution in [3.8, 4) is 0 Å². The van der Waals surface area contributed by atoms with Crippen LogP contribution in [0.2, 0.25) is 0 Å². The number of fused-ring (bicyclic) bond motifs is 1. The molecule has 112 valence electrons. The highest BCUT2D eigenvalue weighted by Gasteiger charge is 2.28. The Hall–Kier alpha value is -1.39. The molecule has 0 atom stereocenters. The van der Waals surface area contributed by atoms with Crippen LogP contribution in [0.15, 0.2) is 0 Å². The lowest BCUT2D eigenvalue weighted by atomic mass is 9.94. The summed E-state index contributed by atoms with van der Waals surface area (Å²) in [6, 6.07) is 0.317. The van der Waals surface area contributed by atoms with Gasteiger partial charge in [-0.1, -0.05) is 26.0 Å². The van der Waals surface area contributed by atoms with Crippen LogP contribution in [-0.2, 0) is 17.6 Å². The summed E-state index contributed by atoms with van der Waals surface area (Å²) < 4.78 is 2.00. The average molecular weight is 278 g/mol. The van der Waals surface area contributed by atoms with Crippen molar-refractivity contribution in [2.24, 2.45) is 5.41 Å². The fourth-order valence-electron chi connectivity index (χ4n) is 2.68. The van der Waals surface area contributed by atoms with E-state index in [1.165, 1.54) is 5.69 Å². The van der Waals surface area contributed by atoms with E-state index >= 15 is 0 Å². The maximum absolute atomic E-state index is 12.4. The van der Waals surface area contributed by atoms with E-state index in [4.69, 9.17) is 0 Å². The molecular formula is C15H26N4O. The van der Waals surface area contributed by atoms with Gasteiger partial charge in [-0.2, -0.15) is 0 Å². The third kappa shape index (κ3) is 3.02. The Balaban J connectivity index is 2.18. The van der Waals surface area contributed by atoms with Crippen molar-refractivity contribution >= 4 is 5.91 Å². The number of carbonyl (C=O) groups excluding carboxylic acids is 1. The molecule has 2 rings (SSSR count). The second-order valence-corrected chi connectivity index (χ2v) is 6.92. The Morgan fingerprint density at radius 2 is 1.90 bits per heavy atom. The molecule has 5 heteroatoms. The van der Waals surface area contributed by atoms with E-state index in [9.17, 15) is 4.79 Å². The number of hydrogen-bond acceptors (Lipinski definition) is 3. The van der Waals surface area contributed by atoms with E-state index in [2.05, 4.69) is 24.2 Å². The molecule has 0 aromatic carbocycles. The van der Waals surface area contributed by atoms with E-state index < -0.39 is 0 Å². The summed E-state index contributed by atoms with van der Waals surface area (Å²) in [5.74, 6) is 0.240. The summed E-state index contributed by atoms with van der Waals surface area (Å²) in [5, 5.41) is 8.57. The van der Waals surface area contributed by atoms with Crippen LogP contribution < -0.4 is 0 Å². The maximum Gasteiger partial charge on any atom is 0.227 e. The number of aromatic nitrogens is 3. The van der Waals surface area contributed by atoms with Gasteiger partial charge in [0.15, 0.2) is 0 Å². The molecule has 1 aliphatic heterocycles. The van der Waals surface area contributed by atoms with E-state index in [1.807, 2.05) is 30.4 Å². The Morgan fingerprint density at radius 1 is 1.20 bits per heavy atom. The van der Waals surface area contributed by atoms with Crippen LogP contribution in [-0.4, -0.2) is 38.9 Å². The van der Waals surface area contributed by atoms with Crippen LogP contribution in [0.5, 0.6) is 0 Å². The van der Waals surface area contributed by atoms with Crippen LogP contribution in [0.4, 0.5) is 0 Å². The van der Waals surface area contributed by atoms with Crippen LogP contribution in [0.1, 0.15) is 58.5 Å². The Labute approximate surface area is 121 Å². The summed E-state index contributed by atoms with van der Waals surface area (Å²) in [7, 11) is 0. The fraction of sp³-hybridized carbons (Fsp3) is 0.800. The van der Waals surface area contributed by atoms with Crippen molar-refractivity contribution < 1.29 is 4.79 Å². The zero-order chi connectivity index (χ0) is 14.9. The summed E-state index contributed by atoms with van der Waals surface area (Å²) in [6.45, 7) is 11.8. The molecule has 0 radical (unpaired) electrons. The molecule has 1 amide bonds. The first-order chi connectivity index (χ1) is 9.30. The first kappa shape index (κ1) is 15.0. The lowest BCUT2D eigenvalue weighted by Crippen LogP contribution is -2.42. The first-order valence-corrected chi connectivity index (χ1v) is 7.53. The molecule has 0 N–H and O–H groups in total. The number of aryl methyl sites for hydroxylation is 1. The van der Waals surface area contributed by atoms with Crippen molar-refractivity contribution in [3.05, 3.63) is 11.4 Å². The normalized spacial score (nSPS) is 16.8. The molecule has 1 aliphatic rings. The number of rotatable bonds is 1. The Morgan fingerprint density at radius 3 is 2.50 bits per heavy atom. The monoisotopic (exact) mass is 278 g/mol. The molecular weight excluding hydrogens is 252 g/mol. The molecule has 20 heavy (non-hydrogen) atoms. The van der Waals surface area contributed by atoms with Gasteiger partial charge in [-0.15, -0.1) is 5.10 Å². The number of nitrogens with zero attached hydrogens (tertiary/aromatic N) is 4. The average Bonchev–Trinajstić information content (AvgIpc) is 2.69. The molecule has 5 nitrogen and oxygen atoms in total. The number of hydrogen-bond donors (Lipinski definition) is 0. The van der Waals surface area contributed by atoms with Gasteiger partial charge in [-0.3, -0.25) is 4.79 Å². The number of carbonyl (C=O) groups is 1. The molecule has 0 spiro atoms. The summed E-state index contributed by atoms with van der Waals surface area (Å²) in [5.41, 5.74) is 2.01. The minimum atomic E-state index is -0.307. The predicted molar refractivity (Wildman–Crippen MR) is 78.5 cm³/mol. The third-order valence-electron chi connectivity index (χ3n) is 3.75. The lowest BCUT2D eigenvalue weighted by Gasteiger charge is -2.31. The van der Waals surface area contributed by atoms with Gasteiger partial charge in [0.05, 0.1) is 11.4 Å². The smallest absolute Gasteiger partial charge is 0.227 e. The third-order valence-corrected chi connectivity index (χ3v) is 3.75. The Kier molecular flexibility index (Phi) is 4.16. The molecule has 0 unspecified atom stereocenters. The number of amides is 1. The van der Waals surface area contributed by atoms with Crippen LogP contribution in [0, 0.1) is 5.41 Å². The van der Waals surface area contributed by atoms with Crippen molar-refractivity contribution in [3.63, 3.8) is 0 Å². The second-order valence-electron chi connectivity index (χ2n) is 6.92. The van der Waals surface area contributed by atoms with E-state index in [0.717, 1.165) is 38.0 Å².